The van der Waals surface area contributed by atoms with Crippen LogP contribution in [0.15, 0.2) is 36.5 Å². The van der Waals surface area contributed by atoms with Crippen molar-refractivity contribution in [3.63, 3.8) is 0 Å². The van der Waals surface area contributed by atoms with Gasteiger partial charge in [0.25, 0.3) is 0 Å². The molecule has 3 aromatic rings. The molecule has 0 saturated heterocycles. The van der Waals surface area contributed by atoms with Crippen molar-refractivity contribution in [3.8, 4) is 5.75 Å². The Labute approximate surface area is 172 Å². The average Bonchev–Trinajstić information content (AvgIpc) is 3.10. The molecule has 0 unspecified atom stereocenters. The van der Waals surface area contributed by atoms with E-state index < -0.39 is 5.97 Å². The summed E-state index contributed by atoms with van der Waals surface area (Å²) in [6.07, 6.45) is 4.06. The van der Waals surface area contributed by atoms with Crippen LogP contribution in [0.2, 0.25) is 5.02 Å². The number of unbranched alkanes of at least 4 members (excludes halogenated alkanes) is 1. The minimum atomic E-state index is -1.18. The van der Waals surface area contributed by atoms with E-state index in [-0.39, 0.29) is 29.5 Å². The Kier molecular flexibility index (Phi) is 6.39. The lowest BCUT2D eigenvalue weighted by atomic mass is 10.0. The number of hydrogen-bond donors (Lipinski definition) is 3. The van der Waals surface area contributed by atoms with Crippen molar-refractivity contribution in [3.05, 3.63) is 52.8 Å². The first-order valence-electron chi connectivity index (χ1n) is 9.39. The van der Waals surface area contributed by atoms with Gasteiger partial charge in [0, 0.05) is 24.5 Å². The minimum Gasteiger partial charge on any atom is -0.506 e. The van der Waals surface area contributed by atoms with E-state index in [4.69, 9.17) is 11.6 Å². The molecule has 152 valence electrons. The van der Waals surface area contributed by atoms with Crippen molar-refractivity contribution >= 4 is 39.9 Å². The first-order chi connectivity index (χ1) is 13.9. The van der Waals surface area contributed by atoms with Crippen LogP contribution < -0.4 is 5.32 Å². The molecule has 0 radical (unpaired) electrons. The van der Waals surface area contributed by atoms with Crippen LogP contribution in [0.1, 0.15) is 42.2 Å². The summed E-state index contributed by atoms with van der Waals surface area (Å²) in [6.45, 7) is 2.63. The molecule has 8 heteroatoms. The maximum absolute atomic E-state index is 12.4. The molecular formula is C21H22ClN3O4. The predicted molar refractivity (Wildman–Crippen MR) is 112 cm³/mol. The number of rotatable bonds is 8. The number of nitrogens with one attached hydrogen (secondary N) is 1. The Bertz CT molecular complexity index is 1060. The Morgan fingerprint density at radius 1 is 1.24 bits per heavy atom. The van der Waals surface area contributed by atoms with Gasteiger partial charge in [-0.15, -0.1) is 0 Å². The highest BCUT2D eigenvalue weighted by atomic mass is 35.5. The number of aromatic carboxylic acids is 1. The Hall–Kier alpha value is -3.06. The summed E-state index contributed by atoms with van der Waals surface area (Å²) in [7, 11) is 0. The molecule has 1 amide bonds. The Balaban J connectivity index is 1.67. The van der Waals surface area contributed by atoms with Gasteiger partial charge in [0.15, 0.2) is 5.69 Å². The molecular weight excluding hydrogens is 394 g/mol. The van der Waals surface area contributed by atoms with Crippen molar-refractivity contribution in [2.75, 3.05) is 5.32 Å². The highest BCUT2D eigenvalue weighted by molar-refractivity contribution is 6.37. The van der Waals surface area contributed by atoms with E-state index in [1.807, 2.05) is 25.1 Å². The SMILES string of the molecule is CCCCn1cc(NC(=O)CCc2ccc3c(Cl)c(O)ccc3c2)c(C(=O)O)n1. The molecule has 1 heterocycles. The van der Waals surface area contributed by atoms with Gasteiger partial charge in [-0.05, 0) is 29.9 Å². The first kappa shape index (κ1) is 20.7. The molecule has 3 rings (SSSR count). The highest BCUT2D eigenvalue weighted by Crippen LogP contribution is 2.32. The monoisotopic (exact) mass is 415 g/mol. The minimum absolute atomic E-state index is 0.0278. The zero-order valence-electron chi connectivity index (χ0n) is 16.0. The number of anilines is 1. The average molecular weight is 416 g/mol. The number of carbonyl (C=O) groups excluding carboxylic acids is 1. The standard InChI is InChI=1S/C21H22ClN3O4/c1-2-3-10-25-12-16(20(24-25)21(28)29)23-18(27)9-5-13-4-7-15-14(11-13)6-8-17(26)19(15)22/h4,6-8,11-12,26H,2-3,5,9-10H2,1H3,(H,23,27)(H,28,29). The number of phenols is 1. The number of benzene rings is 2. The van der Waals surface area contributed by atoms with Gasteiger partial charge >= 0.3 is 5.97 Å². The molecule has 2 aromatic carbocycles. The number of nitrogens with zero attached hydrogens (tertiary/aromatic N) is 2. The number of carboxylic acid groups (broad SMARTS) is 1. The predicted octanol–water partition coefficient (Wildman–Crippen LogP) is 4.46. The molecule has 29 heavy (non-hydrogen) atoms. The summed E-state index contributed by atoms with van der Waals surface area (Å²) in [6, 6.07) is 8.88. The summed E-state index contributed by atoms with van der Waals surface area (Å²) < 4.78 is 1.55. The summed E-state index contributed by atoms with van der Waals surface area (Å²) >= 11 is 6.10. The fourth-order valence-corrected chi connectivity index (χ4v) is 3.30. The van der Waals surface area contributed by atoms with Gasteiger partial charge < -0.3 is 15.5 Å². The molecule has 0 aliphatic rings. The first-order valence-corrected chi connectivity index (χ1v) is 9.77. The maximum Gasteiger partial charge on any atom is 0.358 e. The fraction of sp³-hybridized carbons (Fsp3) is 0.286. The molecule has 0 fully saturated rings. The number of aromatic hydroxyl groups is 1. The number of aromatic nitrogens is 2. The van der Waals surface area contributed by atoms with Crippen LogP contribution in [0.25, 0.3) is 10.8 Å². The van der Waals surface area contributed by atoms with E-state index in [2.05, 4.69) is 10.4 Å². The van der Waals surface area contributed by atoms with Crippen LogP contribution in [0.5, 0.6) is 5.75 Å². The zero-order valence-corrected chi connectivity index (χ0v) is 16.7. The lowest BCUT2D eigenvalue weighted by molar-refractivity contribution is -0.116. The smallest absolute Gasteiger partial charge is 0.358 e. The quantitative estimate of drug-likeness (QED) is 0.503. The molecule has 7 nitrogen and oxygen atoms in total. The van der Waals surface area contributed by atoms with Crippen molar-refractivity contribution in [2.24, 2.45) is 0 Å². The Morgan fingerprint density at radius 3 is 2.76 bits per heavy atom. The van der Waals surface area contributed by atoms with E-state index >= 15 is 0 Å². The van der Waals surface area contributed by atoms with Gasteiger partial charge in [0.2, 0.25) is 5.91 Å². The summed E-state index contributed by atoms with van der Waals surface area (Å²) in [5, 5.41) is 27.6. The third-order valence-electron chi connectivity index (χ3n) is 4.62. The van der Waals surface area contributed by atoms with Gasteiger partial charge in [-0.3, -0.25) is 9.48 Å². The number of halogens is 1. The number of phenolic OH excluding ortho intramolecular Hbond substituents is 1. The molecule has 0 atom stereocenters. The fourth-order valence-electron chi connectivity index (χ4n) is 3.06. The van der Waals surface area contributed by atoms with E-state index in [1.54, 1.807) is 16.9 Å². The van der Waals surface area contributed by atoms with Crippen LogP contribution in [0.3, 0.4) is 0 Å². The number of aryl methyl sites for hydroxylation is 2. The number of carboxylic acids is 1. The molecule has 0 aliphatic carbocycles. The second-order valence-electron chi connectivity index (χ2n) is 6.82. The third kappa shape index (κ3) is 4.86. The second-order valence-corrected chi connectivity index (χ2v) is 7.19. The molecule has 3 N–H and O–H groups in total. The lowest BCUT2D eigenvalue weighted by Crippen LogP contribution is -2.14. The summed E-state index contributed by atoms with van der Waals surface area (Å²) in [5.41, 5.74) is 0.987. The van der Waals surface area contributed by atoms with E-state index in [9.17, 15) is 19.8 Å². The number of amides is 1. The summed E-state index contributed by atoms with van der Waals surface area (Å²) in [5.74, 6) is -1.43. The van der Waals surface area contributed by atoms with Crippen LogP contribution >= 0.6 is 11.6 Å². The molecule has 0 bridgehead atoms. The molecule has 0 spiro atoms. The number of carbonyl (C=O) groups is 2. The normalized spacial score (nSPS) is 11.0. The van der Waals surface area contributed by atoms with Crippen molar-refractivity contribution in [2.45, 2.75) is 39.2 Å². The largest absolute Gasteiger partial charge is 0.506 e. The van der Waals surface area contributed by atoms with Gasteiger partial charge in [0.05, 0.1) is 10.7 Å². The summed E-state index contributed by atoms with van der Waals surface area (Å²) in [4.78, 5) is 23.7. The Morgan fingerprint density at radius 2 is 2.03 bits per heavy atom. The van der Waals surface area contributed by atoms with Gasteiger partial charge in [0.1, 0.15) is 5.75 Å². The molecule has 0 aliphatic heterocycles. The van der Waals surface area contributed by atoms with Gasteiger partial charge in [-0.1, -0.05) is 49.2 Å². The van der Waals surface area contributed by atoms with Crippen LogP contribution in [0, 0.1) is 0 Å². The highest BCUT2D eigenvalue weighted by Gasteiger charge is 2.18. The second kappa shape index (κ2) is 8.96. The van der Waals surface area contributed by atoms with Gasteiger partial charge in [-0.2, -0.15) is 5.10 Å². The molecule has 1 aromatic heterocycles. The van der Waals surface area contributed by atoms with E-state index in [0.717, 1.165) is 29.2 Å². The number of hydrogen-bond acceptors (Lipinski definition) is 4. The lowest BCUT2D eigenvalue weighted by Gasteiger charge is -2.07. The maximum atomic E-state index is 12.4. The van der Waals surface area contributed by atoms with E-state index in [0.29, 0.717) is 18.0 Å². The van der Waals surface area contributed by atoms with Crippen molar-refractivity contribution in [1.29, 1.82) is 0 Å². The topological polar surface area (TPSA) is 104 Å². The molecule has 0 saturated carbocycles. The number of fused-ring (bicyclic) bond motifs is 1. The third-order valence-corrected chi connectivity index (χ3v) is 5.02. The van der Waals surface area contributed by atoms with Crippen LogP contribution in [-0.4, -0.2) is 31.9 Å². The van der Waals surface area contributed by atoms with Gasteiger partial charge in [-0.25, -0.2) is 4.79 Å². The van der Waals surface area contributed by atoms with Crippen LogP contribution in [-0.2, 0) is 17.8 Å². The van der Waals surface area contributed by atoms with Crippen LogP contribution in [0.4, 0.5) is 5.69 Å². The van der Waals surface area contributed by atoms with E-state index in [1.165, 1.54) is 6.07 Å². The zero-order chi connectivity index (χ0) is 21.0. The van der Waals surface area contributed by atoms with Crippen molar-refractivity contribution in [1.82, 2.24) is 9.78 Å². The van der Waals surface area contributed by atoms with Crippen molar-refractivity contribution < 1.29 is 19.8 Å².